The van der Waals surface area contributed by atoms with Gasteiger partial charge < -0.3 is 11.5 Å². The van der Waals surface area contributed by atoms with Crippen molar-refractivity contribution in [2.75, 3.05) is 6.54 Å². The molecule has 0 aliphatic carbocycles. The fourth-order valence-electron chi connectivity index (χ4n) is 1.37. The van der Waals surface area contributed by atoms with Crippen molar-refractivity contribution in [1.82, 2.24) is 0 Å². The Balaban J connectivity index is 3.05. The van der Waals surface area contributed by atoms with Crippen LogP contribution in [0.1, 0.15) is 24.1 Å². The molecule has 3 heteroatoms. The average Bonchev–Trinajstić information content (AvgIpc) is 2.16. The monoisotopic (exact) mass is 198 g/mol. The van der Waals surface area contributed by atoms with Gasteiger partial charge >= 0.3 is 0 Å². The standard InChI is InChI=1S/C10H15ClN2/c1-2-7-5-8(11)3-4-9(7)10(13)6-12/h3-5,10H,2,6,12-13H2,1H3. The number of aryl methyl sites for hydroxylation is 1. The summed E-state index contributed by atoms with van der Waals surface area (Å²) in [5.74, 6) is 0. The summed E-state index contributed by atoms with van der Waals surface area (Å²) in [5, 5.41) is 0.754. The molecule has 4 N–H and O–H groups in total. The van der Waals surface area contributed by atoms with Crippen molar-refractivity contribution < 1.29 is 0 Å². The molecule has 0 heterocycles. The van der Waals surface area contributed by atoms with Gasteiger partial charge in [0.2, 0.25) is 0 Å². The van der Waals surface area contributed by atoms with Crippen molar-refractivity contribution in [2.24, 2.45) is 11.5 Å². The van der Waals surface area contributed by atoms with Crippen LogP contribution in [0, 0.1) is 0 Å². The Morgan fingerprint density at radius 2 is 2.15 bits per heavy atom. The highest BCUT2D eigenvalue weighted by Crippen LogP contribution is 2.20. The summed E-state index contributed by atoms with van der Waals surface area (Å²) in [5.41, 5.74) is 13.7. The lowest BCUT2D eigenvalue weighted by molar-refractivity contribution is 0.727. The molecule has 0 radical (unpaired) electrons. The lowest BCUT2D eigenvalue weighted by atomic mass is 9.99. The van der Waals surface area contributed by atoms with E-state index < -0.39 is 0 Å². The van der Waals surface area contributed by atoms with Crippen molar-refractivity contribution in [3.05, 3.63) is 34.3 Å². The zero-order valence-electron chi connectivity index (χ0n) is 7.76. The first kappa shape index (κ1) is 10.5. The van der Waals surface area contributed by atoms with Gasteiger partial charge in [-0.15, -0.1) is 0 Å². The maximum Gasteiger partial charge on any atom is 0.0422 e. The average molecular weight is 199 g/mol. The molecule has 0 aromatic heterocycles. The van der Waals surface area contributed by atoms with Gasteiger partial charge in [-0.3, -0.25) is 0 Å². The van der Waals surface area contributed by atoms with Crippen LogP contribution in [0.15, 0.2) is 18.2 Å². The Morgan fingerprint density at radius 3 is 2.69 bits per heavy atom. The molecule has 0 bridgehead atoms. The molecule has 0 aliphatic rings. The highest BCUT2D eigenvalue weighted by molar-refractivity contribution is 6.30. The van der Waals surface area contributed by atoms with Gasteiger partial charge in [-0.1, -0.05) is 24.6 Å². The first-order valence-electron chi connectivity index (χ1n) is 4.43. The second-order valence-electron chi connectivity index (χ2n) is 3.04. The summed E-state index contributed by atoms with van der Waals surface area (Å²) >= 11 is 5.87. The number of hydrogen-bond donors (Lipinski definition) is 2. The third-order valence-electron chi connectivity index (χ3n) is 2.14. The number of hydrogen-bond acceptors (Lipinski definition) is 2. The molecule has 2 nitrogen and oxygen atoms in total. The molecule has 1 aromatic rings. The topological polar surface area (TPSA) is 52.0 Å². The van der Waals surface area contributed by atoms with Gasteiger partial charge in [0.05, 0.1) is 0 Å². The van der Waals surface area contributed by atoms with Crippen molar-refractivity contribution in [1.29, 1.82) is 0 Å². The van der Waals surface area contributed by atoms with E-state index in [4.69, 9.17) is 23.1 Å². The summed E-state index contributed by atoms with van der Waals surface area (Å²) in [4.78, 5) is 0. The van der Waals surface area contributed by atoms with Crippen LogP contribution in [-0.4, -0.2) is 6.54 Å². The van der Waals surface area contributed by atoms with E-state index in [1.54, 1.807) is 0 Å². The van der Waals surface area contributed by atoms with Gasteiger partial charge in [0.25, 0.3) is 0 Å². The molecule has 0 fully saturated rings. The molecule has 1 atom stereocenters. The second kappa shape index (κ2) is 4.61. The molecule has 1 aromatic carbocycles. The van der Waals surface area contributed by atoms with E-state index in [2.05, 4.69) is 6.92 Å². The minimum Gasteiger partial charge on any atom is -0.329 e. The van der Waals surface area contributed by atoms with E-state index in [1.807, 2.05) is 18.2 Å². The van der Waals surface area contributed by atoms with E-state index in [0.717, 1.165) is 17.0 Å². The molecule has 72 valence electrons. The van der Waals surface area contributed by atoms with Crippen molar-refractivity contribution >= 4 is 11.6 Å². The van der Waals surface area contributed by atoms with E-state index in [9.17, 15) is 0 Å². The summed E-state index contributed by atoms with van der Waals surface area (Å²) in [6.07, 6.45) is 0.934. The fraction of sp³-hybridized carbons (Fsp3) is 0.400. The minimum absolute atomic E-state index is 0.0767. The van der Waals surface area contributed by atoms with Gasteiger partial charge in [0.1, 0.15) is 0 Å². The molecular weight excluding hydrogens is 184 g/mol. The van der Waals surface area contributed by atoms with Gasteiger partial charge in [-0.25, -0.2) is 0 Å². The first-order valence-corrected chi connectivity index (χ1v) is 4.80. The van der Waals surface area contributed by atoms with Crippen LogP contribution in [0.4, 0.5) is 0 Å². The van der Waals surface area contributed by atoms with Crippen LogP contribution in [0.3, 0.4) is 0 Å². The normalized spacial score (nSPS) is 12.9. The van der Waals surface area contributed by atoms with Crippen molar-refractivity contribution in [2.45, 2.75) is 19.4 Å². The van der Waals surface area contributed by atoms with Gasteiger partial charge in [-0.2, -0.15) is 0 Å². The maximum absolute atomic E-state index is 5.87. The quantitative estimate of drug-likeness (QED) is 0.779. The zero-order valence-corrected chi connectivity index (χ0v) is 8.51. The second-order valence-corrected chi connectivity index (χ2v) is 3.48. The molecule has 0 amide bonds. The molecule has 0 spiro atoms. The molecule has 13 heavy (non-hydrogen) atoms. The molecule has 0 aliphatic heterocycles. The highest BCUT2D eigenvalue weighted by atomic mass is 35.5. The van der Waals surface area contributed by atoms with Crippen LogP contribution < -0.4 is 11.5 Å². The Labute approximate surface area is 83.9 Å². The van der Waals surface area contributed by atoms with Crippen molar-refractivity contribution in [3.63, 3.8) is 0 Å². The zero-order chi connectivity index (χ0) is 9.84. The Hall–Kier alpha value is -0.570. The summed E-state index contributed by atoms with van der Waals surface area (Å²) in [6.45, 7) is 2.55. The number of halogens is 1. The number of nitrogens with two attached hydrogens (primary N) is 2. The van der Waals surface area contributed by atoms with Crippen LogP contribution in [0.25, 0.3) is 0 Å². The molecule has 0 saturated carbocycles. The SMILES string of the molecule is CCc1cc(Cl)ccc1C(N)CN. The Bertz CT molecular complexity index is 286. The van der Waals surface area contributed by atoms with E-state index in [1.165, 1.54) is 5.56 Å². The van der Waals surface area contributed by atoms with Crippen LogP contribution in [0.2, 0.25) is 5.02 Å². The predicted octanol–water partition coefficient (Wildman–Crippen LogP) is 1.86. The number of benzene rings is 1. The van der Waals surface area contributed by atoms with E-state index >= 15 is 0 Å². The van der Waals surface area contributed by atoms with Gasteiger partial charge in [-0.05, 0) is 29.7 Å². The molecule has 1 unspecified atom stereocenters. The summed E-state index contributed by atoms with van der Waals surface area (Å²) in [7, 11) is 0. The fourth-order valence-corrected chi connectivity index (χ4v) is 1.56. The van der Waals surface area contributed by atoms with Crippen LogP contribution in [-0.2, 0) is 6.42 Å². The highest BCUT2D eigenvalue weighted by Gasteiger charge is 2.08. The molecule has 0 saturated heterocycles. The first-order chi connectivity index (χ1) is 6.19. The van der Waals surface area contributed by atoms with Gasteiger partial charge in [0, 0.05) is 17.6 Å². The van der Waals surface area contributed by atoms with E-state index in [0.29, 0.717) is 6.54 Å². The largest absolute Gasteiger partial charge is 0.329 e. The Morgan fingerprint density at radius 1 is 1.46 bits per heavy atom. The lowest BCUT2D eigenvalue weighted by Crippen LogP contribution is -2.21. The maximum atomic E-state index is 5.87. The van der Waals surface area contributed by atoms with Gasteiger partial charge in [0.15, 0.2) is 0 Å². The number of rotatable bonds is 3. The summed E-state index contributed by atoms with van der Waals surface area (Å²) < 4.78 is 0. The smallest absolute Gasteiger partial charge is 0.0422 e. The van der Waals surface area contributed by atoms with E-state index in [-0.39, 0.29) is 6.04 Å². The van der Waals surface area contributed by atoms with Crippen LogP contribution in [0.5, 0.6) is 0 Å². The molecule has 1 rings (SSSR count). The lowest BCUT2D eigenvalue weighted by Gasteiger charge is -2.13. The van der Waals surface area contributed by atoms with Crippen LogP contribution >= 0.6 is 11.6 Å². The predicted molar refractivity (Wildman–Crippen MR) is 56.8 cm³/mol. The minimum atomic E-state index is -0.0767. The molecular formula is C10H15ClN2. The third kappa shape index (κ3) is 2.44. The third-order valence-corrected chi connectivity index (χ3v) is 2.37. The summed E-state index contributed by atoms with van der Waals surface area (Å²) in [6, 6.07) is 5.68. The van der Waals surface area contributed by atoms with Crippen molar-refractivity contribution in [3.8, 4) is 0 Å². The Kier molecular flexibility index (Phi) is 3.72.